The number of rotatable bonds is 2. The summed E-state index contributed by atoms with van der Waals surface area (Å²) in [6, 6.07) is 0. The molecule has 0 atom stereocenters. The fraction of sp³-hybridized carbons (Fsp3) is 0.667. The van der Waals surface area contributed by atoms with Gasteiger partial charge in [-0.3, -0.25) is 0 Å². The van der Waals surface area contributed by atoms with E-state index in [9.17, 15) is 0 Å². The van der Waals surface area contributed by atoms with Gasteiger partial charge in [-0.25, -0.2) is 0 Å². The van der Waals surface area contributed by atoms with Crippen molar-refractivity contribution >= 4 is 24.4 Å². The molecule has 0 spiro atoms. The second-order valence-corrected chi connectivity index (χ2v) is 1.84. The lowest BCUT2D eigenvalue weighted by atomic mass is 11.0. The SMILES string of the molecule is [CH2]SCC[S]. The van der Waals surface area contributed by atoms with Gasteiger partial charge in [-0.05, 0) is 0 Å². The van der Waals surface area contributed by atoms with Gasteiger partial charge in [0, 0.05) is 17.8 Å². The first-order valence-corrected chi connectivity index (χ1v) is 3.10. The van der Waals surface area contributed by atoms with Crippen LogP contribution in [0.15, 0.2) is 0 Å². The fourth-order valence-corrected chi connectivity index (χ4v) is 0.530. The molecule has 5 heavy (non-hydrogen) atoms. The molecule has 0 unspecified atom stereocenters. The van der Waals surface area contributed by atoms with Gasteiger partial charge in [0.1, 0.15) is 0 Å². The van der Waals surface area contributed by atoms with Crippen LogP contribution in [0.1, 0.15) is 0 Å². The zero-order chi connectivity index (χ0) is 4.12. The van der Waals surface area contributed by atoms with Crippen LogP contribution >= 0.6 is 24.4 Å². The average Bonchev–Trinajstić information content (AvgIpc) is 1.41. The molecule has 0 aliphatic rings. The lowest BCUT2D eigenvalue weighted by molar-refractivity contribution is 1.58. The van der Waals surface area contributed by atoms with Crippen molar-refractivity contribution in [2.45, 2.75) is 0 Å². The Bertz CT molecular complexity index is 12.4. The molecule has 2 heteroatoms. The highest BCUT2D eigenvalue weighted by atomic mass is 32.2. The van der Waals surface area contributed by atoms with E-state index in [-0.39, 0.29) is 0 Å². The van der Waals surface area contributed by atoms with E-state index in [0.717, 1.165) is 11.5 Å². The molecule has 0 rings (SSSR count). The Morgan fingerprint density at radius 2 is 2.40 bits per heavy atom. The number of thioether (sulfide) groups is 1. The lowest BCUT2D eigenvalue weighted by Gasteiger charge is -1.78. The largest absolute Gasteiger partial charge is 0.160 e. The number of hydrogen-bond donors (Lipinski definition) is 0. The normalized spacial score (nSPS) is 8.40. The van der Waals surface area contributed by atoms with Crippen molar-refractivity contribution in [1.29, 1.82) is 0 Å². The maximum Gasteiger partial charge on any atom is 0.0128 e. The number of hydrogen-bond acceptors (Lipinski definition) is 1. The summed E-state index contributed by atoms with van der Waals surface area (Å²) in [5, 5.41) is 0. The van der Waals surface area contributed by atoms with Gasteiger partial charge in [-0.2, -0.15) is 11.8 Å². The molecule has 0 heterocycles. The molecule has 0 aromatic carbocycles. The second-order valence-electron chi connectivity index (χ2n) is 0.612. The second kappa shape index (κ2) is 4.70. The molecule has 0 aliphatic carbocycles. The summed E-state index contributed by atoms with van der Waals surface area (Å²) in [6.45, 7) is 0. The van der Waals surface area contributed by atoms with Crippen LogP contribution in [0.3, 0.4) is 0 Å². The zero-order valence-electron chi connectivity index (χ0n) is 2.94. The molecule has 0 bridgehead atoms. The quantitative estimate of drug-likeness (QED) is 0.516. The zero-order valence-corrected chi connectivity index (χ0v) is 4.57. The van der Waals surface area contributed by atoms with Crippen LogP contribution < -0.4 is 0 Å². The Morgan fingerprint density at radius 1 is 1.80 bits per heavy atom. The highest BCUT2D eigenvalue weighted by Gasteiger charge is 1.69. The molecular formula is C3H6S2. The van der Waals surface area contributed by atoms with E-state index >= 15 is 0 Å². The van der Waals surface area contributed by atoms with E-state index in [1.54, 1.807) is 11.8 Å². The third-order valence-corrected chi connectivity index (χ3v) is 1.18. The predicted molar refractivity (Wildman–Crippen MR) is 30.3 cm³/mol. The van der Waals surface area contributed by atoms with E-state index in [1.165, 1.54) is 0 Å². The minimum atomic E-state index is 0.828. The summed E-state index contributed by atoms with van der Waals surface area (Å²) in [4.78, 5) is 0. The van der Waals surface area contributed by atoms with Crippen molar-refractivity contribution in [3.05, 3.63) is 6.26 Å². The first-order chi connectivity index (χ1) is 2.41. The van der Waals surface area contributed by atoms with Gasteiger partial charge in [0.15, 0.2) is 0 Å². The molecule has 0 amide bonds. The Kier molecular flexibility index (Phi) is 5.36. The molecule has 0 N–H and O–H groups in total. The van der Waals surface area contributed by atoms with Gasteiger partial charge in [0.2, 0.25) is 0 Å². The van der Waals surface area contributed by atoms with Crippen LogP contribution in [0.2, 0.25) is 0 Å². The van der Waals surface area contributed by atoms with Crippen molar-refractivity contribution in [3.63, 3.8) is 0 Å². The summed E-state index contributed by atoms with van der Waals surface area (Å²) >= 11 is 6.14. The summed E-state index contributed by atoms with van der Waals surface area (Å²) in [5.74, 6) is 1.84. The summed E-state index contributed by atoms with van der Waals surface area (Å²) in [7, 11) is 0. The molecule has 0 aromatic rings. The van der Waals surface area contributed by atoms with Crippen molar-refractivity contribution in [2.24, 2.45) is 0 Å². The van der Waals surface area contributed by atoms with E-state index in [2.05, 4.69) is 18.9 Å². The Labute approximate surface area is 42.7 Å². The highest BCUT2D eigenvalue weighted by Crippen LogP contribution is 1.92. The third-order valence-electron chi connectivity index (χ3n) is 0.228. The standard InChI is InChI=1S/C3H6S2/c1-5-3-2-4/h1-3H2. The lowest BCUT2D eigenvalue weighted by Crippen LogP contribution is -1.70. The Morgan fingerprint density at radius 3 is 2.40 bits per heavy atom. The van der Waals surface area contributed by atoms with Gasteiger partial charge < -0.3 is 0 Å². The molecule has 0 nitrogen and oxygen atoms in total. The molecule has 2 radical (unpaired) electrons. The van der Waals surface area contributed by atoms with Crippen LogP contribution in [0.5, 0.6) is 0 Å². The van der Waals surface area contributed by atoms with Gasteiger partial charge in [-0.1, -0.05) is 12.6 Å². The molecule has 0 aromatic heterocycles. The van der Waals surface area contributed by atoms with Crippen LogP contribution in [0.25, 0.3) is 0 Å². The van der Waals surface area contributed by atoms with E-state index in [0.29, 0.717) is 0 Å². The molecule has 0 saturated heterocycles. The summed E-state index contributed by atoms with van der Waals surface area (Å²) in [5.41, 5.74) is 0. The highest BCUT2D eigenvalue weighted by molar-refractivity contribution is 8.01. The minimum absolute atomic E-state index is 0.828. The maximum atomic E-state index is 4.59. The molecule has 0 aliphatic heterocycles. The fourth-order valence-electron chi connectivity index (χ4n) is 0.0589. The average molecular weight is 106 g/mol. The van der Waals surface area contributed by atoms with Crippen molar-refractivity contribution < 1.29 is 0 Å². The molecule has 0 saturated carbocycles. The summed E-state index contributed by atoms with van der Waals surface area (Å²) < 4.78 is 0. The predicted octanol–water partition coefficient (Wildman–Crippen LogP) is 1.71. The van der Waals surface area contributed by atoms with E-state index < -0.39 is 0 Å². The first kappa shape index (κ1) is 5.70. The third kappa shape index (κ3) is 4.70. The van der Waals surface area contributed by atoms with Crippen molar-refractivity contribution in [3.8, 4) is 0 Å². The topological polar surface area (TPSA) is 0 Å². The first-order valence-electron chi connectivity index (χ1n) is 1.37. The Hall–Kier alpha value is 0.700. The molecule has 0 fully saturated rings. The van der Waals surface area contributed by atoms with Gasteiger partial charge >= 0.3 is 0 Å². The van der Waals surface area contributed by atoms with E-state index in [4.69, 9.17) is 0 Å². The van der Waals surface area contributed by atoms with Gasteiger partial charge in [0.25, 0.3) is 0 Å². The molecular weight excluding hydrogens is 100 g/mol. The molecule has 30 valence electrons. The van der Waals surface area contributed by atoms with E-state index in [1.807, 2.05) is 0 Å². The van der Waals surface area contributed by atoms with Crippen molar-refractivity contribution in [1.82, 2.24) is 0 Å². The minimum Gasteiger partial charge on any atom is -0.160 e. The van der Waals surface area contributed by atoms with Gasteiger partial charge in [0.05, 0.1) is 0 Å². The van der Waals surface area contributed by atoms with Crippen molar-refractivity contribution in [2.75, 3.05) is 11.5 Å². The Balaban J connectivity index is 2.19. The van der Waals surface area contributed by atoms with Crippen LogP contribution in [-0.2, 0) is 0 Å². The van der Waals surface area contributed by atoms with Crippen LogP contribution in [0, 0.1) is 6.26 Å². The summed E-state index contributed by atoms with van der Waals surface area (Å²) in [6.07, 6.45) is 3.53. The monoisotopic (exact) mass is 106 g/mol. The van der Waals surface area contributed by atoms with Crippen LogP contribution in [-0.4, -0.2) is 11.5 Å². The maximum absolute atomic E-state index is 4.59. The smallest absolute Gasteiger partial charge is 0.0128 e. The van der Waals surface area contributed by atoms with Gasteiger partial charge in [-0.15, -0.1) is 0 Å². The van der Waals surface area contributed by atoms with Crippen LogP contribution in [0.4, 0.5) is 0 Å².